The van der Waals surface area contributed by atoms with Gasteiger partial charge >= 0.3 is 6.03 Å². The van der Waals surface area contributed by atoms with Crippen molar-refractivity contribution in [2.45, 2.75) is 37.5 Å². The first-order valence-corrected chi connectivity index (χ1v) is 7.96. The number of urea groups is 1. The molecule has 2 unspecified atom stereocenters. The van der Waals surface area contributed by atoms with Gasteiger partial charge in [-0.1, -0.05) is 28.1 Å². The van der Waals surface area contributed by atoms with E-state index in [0.717, 1.165) is 22.9 Å². The van der Waals surface area contributed by atoms with Gasteiger partial charge in [-0.2, -0.15) is 0 Å². The normalized spacial score (nSPS) is 31.0. The Morgan fingerprint density at radius 3 is 2.81 bits per heavy atom. The molecule has 3 atom stereocenters. The molecule has 1 aliphatic carbocycles. The van der Waals surface area contributed by atoms with Crippen molar-refractivity contribution in [2.24, 2.45) is 0 Å². The number of hydrogen-bond acceptors (Lipinski definition) is 3. The van der Waals surface area contributed by atoms with E-state index in [1.807, 2.05) is 18.2 Å². The Kier molecular flexibility index (Phi) is 2.87. The summed E-state index contributed by atoms with van der Waals surface area (Å²) in [6, 6.07) is 5.04. The van der Waals surface area contributed by atoms with Crippen LogP contribution in [-0.2, 0) is 11.2 Å². The topological polar surface area (TPSA) is 60.9 Å². The average molecular weight is 351 g/mol. The minimum absolute atomic E-state index is 0.158. The molecule has 0 bridgehead atoms. The van der Waals surface area contributed by atoms with E-state index in [4.69, 9.17) is 0 Å². The highest BCUT2D eigenvalue weighted by Crippen LogP contribution is 2.42. The van der Waals surface area contributed by atoms with Gasteiger partial charge < -0.3 is 10.0 Å². The molecule has 110 valence electrons. The summed E-state index contributed by atoms with van der Waals surface area (Å²) in [5.41, 5.74) is 2.25. The van der Waals surface area contributed by atoms with Gasteiger partial charge in [0.15, 0.2) is 0 Å². The molecule has 0 saturated carbocycles. The second-order valence-electron chi connectivity index (χ2n) is 5.91. The minimum atomic E-state index is -0.574. The molecule has 3 amide bonds. The Hall–Kier alpha value is -1.40. The van der Waals surface area contributed by atoms with Gasteiger partial charge in [0.25, 0.3) is 5.91 Å². The number of benzene rings is 1. The zero-order valence-corrected chi connectivity index (χ0v) is 12.9. The maximum atomic E-state index is 12.6. The number of halogens is 1. The van der Waals surface area contributed by atoms with Crippen LogP contribution in [0.2, 0.25) is 0 Å². The molecule has 0 aromatic heterocycles. The summed E-state index contributed by atoms with van der Waals surface area (Å²) in [4.78, 5) is 28.0. The van der Waals surface area contributed by atoms with Crippen LogP contribution < -0.4 is 0 Å². The van der Waals surface area contributed by atoms with Crippen LogP contribution in [-0.4, -0.2) is 45.5 Å². The van der Waals surface area contributed by atoms with E-state index in [0.29, 0.717) is 6.42 Å². The SMILES string of the molecule is O=C1C2C[C@@H](O)CN2C(=O)N1C1CCc2c(Br)cccc21. The third-order valence-corrected chi connectivity index (χ3v) is 5.49. The van der Waals surface area contributed by atoms with E-state index in [1.165, 1.54) is 15.4 Å². The largest absolute Gasteiger partial charge is 0.391 e. The van der Waals surface area contributed by atoms with E-state index in [1.54, 1.807) is 0 Å². The molecule has 2 fully saturated rings. The van der Waals surface area contributed by atoms with Crippen molar-refractivity contribution in [1.82, 2.24) is 9.80 Å². The van der Waals surface area contributed by atoms with Crippen molar-refractivity contribution in [3.8, 4) is 0 Å². The molecule has 3 aliphatic rings. The molecule has 2 heterocycles. The molecule has 1 N–H and O–H groups in total. The molecule has 1 aromatic carbocycles. The molecule has 0 radical (unpaired) electrons. The third kappa shape index (κ3) is 1.78. The number of rotatable bonds is 1. The predicted molar refractivity (Wildman–Crippen MR) is 78.6 cm³/mol. The fourth-order valence-corrected chi connectivity index (χ4v) is 4.38. The van der Waals surface area contributed by atoms with Gasteiger partial charge in [0.2, 0.25) is 0 Å². The summed E-state index contributed by atoms with van der Waals surface area (Å²) < 4.78 is 1.04. The maximum Gasteiger partial charge on any atom is 0.328 e. The van der Waals surface area contributed by atoms with Crippen molar-refractivity contribution in [3.05, 3.63) is 33.8 Å². The van der Waals surface area contributed by atoms with Crippen LogP contribution in [0.1, 0.15) is 30.0 Å². The first-order chi connectivity index (χ1) is 10.1. The number of carbonyl (C=O) groups excluding carboxylic acids is 2. The highest BCUT2D eigenvalue weighted by Gasteiger charge is 2.53. The van der Waals surface area contributed by atoms with E-state index < -0.39 is 12.1 Å². The Morgan fingerprint density at radius 2 is 2.05 bits per heavy atom. The molecule has 1 aromatic rings. The van der Waals surface area contributed by atoms with E-state index >= 15 is 0 Å². The van der Waals surface area contributed by atoms with Crippen molar-refractivity contribution in [1.29, 1.82) is 0 Å². The lowest BCUT2D eigenvalue weighted by atomic mass is 10.1. The predicted octanol–water partition coefficient (Wildman–Crippen LogP) is 1.83. The van der Waals surface area contributed by atoms with E-state index in [-0.39, 0.29) is 24.5 Å². The van der Waals surface area contributed by atoms with Crippen LogP contribution in [0.25, 0.3) is 0 Å². The van der Waals surface area contributed by atoms with Gasteiger partial charge in [0.05, 0.1) is 12.1 Å². The Bertz CT molecular complexity index is 624. The molecule has 5 nitrogen and oxygen atoms in total. The van der Waals surface area contributed by atoms with Crippen molar-refractivity contribution < 1.29 is 14.7 Å². The molecule has 21 heavy (non-hydrogen) atoms. The molecular weight excluding hydrogens is 336 g/mol. The molecule has 4 rings (SSSR count). The summed E-state index contributed by atoms with van der Waals surface area (Å²) >= 11 is 3.54. The maximum absolute atomic E-state index is 12.6. The summed E-state index contributed by atoms with van der Waals surface area (Å²) in [6.45, 7) is 0.268. The van der Waals surface area contributed by atoms with Crippen LogP contribution >= 0.6 is 15.9 Å². The molecular formula is C15H15BrN2O3. The summed E-state index contributed by atoms with van der Waals surface area (Å²) in [5.74, 6) is -0.158. The molecule has 2 saturated heterocycles. The lowest BCUT2D eigenvalue weighted by Crippen LogP contribution is -2.37. The average Bonchev–Trinajstić information content (AvgIpc) is 3.08. The quantitative estimate of drug-likeness (QED) is 0.786. The van der Waals surface area contributed by atoms with Crippen LogP contribution in [0.15, 0.2) is 22.7 Å². The monoisotopic (exact) mass is 350 g/mol. The van der Waals surface area contributed by atoms with Crippen LogP contribution in [0.5, 0.6) is 0 Å². The van der Waals surface area contributed by atoms with Gasteiger partial charge in [0, 0.05) is 17.4 Å². The standard InChI is InChI=1S/C15H15BrN2O3/c16-11-3-1-2-10-9(11)4-5-12(10)18-14(20)13-6-8(19)7-17(13)15(18)21/h1-3,8,12-13,19H,4-7H2/t8-,12?,13?/m1/s1. The second-order valence-corrected chi connectivity index (χ2v) is 6.76. The van der Waals surface area contributed by atoms with E-state index in [2.05, 4.69) is 15.9 Å². The summed E-state index contributed by atoms with van der Waals surface area (Å²) in [5, 5.41) is 9.65. The fourth-order valence-electron chi connectivity index (χ4n) is 3.80. The smallest absolute Gasteiger partial charge is 0.328 e. The van der Waals surface area contributed by atoms with Crippen LogP contribution in [0, 0.1) is 0 Å². The van der Waals surface area contributed by atoms with Gasteiger partial charge in [-0.3, -0.25) is 9.69 Å². The van der Waals surface area contributed by atoms with Crippen LogP contribution in [0.4, 0.5) is 4.79 Å². The summed E-state index contributed by atoms with van der Waals surface area (Å²) in [7, 11) is 0. The van der Waals surface area contributed by atoms with Gasteiger partial charge in [-0.05, 0) is 30.0 Å². The first kappa shape index (κ1) is 13.3. The van der Waals surface area contributed by atoms with Gasteiger partial charge in [-0.15, -0.1) is 0 Å². The number of fused-ring (bicyclic) bond motifs is 2. The molecule has 2 aliphatic heterocycles. The minimum Gasteiger partial charge on any atom is -0.391 e. The molecule has 0 spiro atoms. The Morgan fingerprint density at radius 1 is 1.24 bits per heavy atom. The van der Waals surface area contributed by atoms with Crippen LogP contribution in [0.3, 0.4) is 0 Å². The second kappa shape index (κ2) is 4.55. The summed E-state index contributed by atoms with van der Waals surface area (Å²) in [6.07, 6.45) is 1.43. The van der Waals surface area contributed by atoms with Crippen molar-refractivity contribution in [3.63, 3.8) is 0 Å². The first-order valence-electron chi connectivity index (χ1n) is 7.17. The lowest BCUT2D eigenvalue weighted by molar-refractivity contribution is -0.129. The van der Waals surface area contributed by atoms with Gasteiger partial charge in [0.1, 0.15) is 6.04 Å². The van der Waals surface area contributed by atoms with Crippen molar-refractivity contribution >= 4 is 27.9 Å². The number of carbonyl (C=O) groups is 2. The number of aliphatic hydroxyl groups excluding tert-OH is 1. The van der Waals surface area contributed by atoms with Crippen molar-refractivity contribution in [2.75, 3.05) is 6.54 Å². The zero-order valence-electron chi connectivity index (χ0n) is 11.3. The highest BCUT2D eigenvalue weighted by molar-refractivity contribution is 9.10. The zero-order chi connectivity index (χ0) is 14.7. The third-order valence-electron chi connectivity index (χ3n) is 4.75. The van der Waals surface area contributed by atoms with Gasteiger partial charge in [-0.25, -0.2) is 4.79 Å². The fraction of sp³-hybridized carbons (Fsp3) is 0.467. The number of nitrogens with zero attached hydrogens (tertiary/aromatic N) is 2. The number of amides is 3. The Labute approximate surface area is 130 Å². The number of imide groups is 1. The number of hydrogen-bond donors (Lipinski definition) is 1. The highest BCUT2D eigenvalue weighted by atomic mass is 79.9. The lowest BCUT2D eigenvalue weighted by Gasteiger charge is -2.24. The van der Waals surface area contributed by atoms with E-state index in [9.17, 15) is 14.7 Å². The molecule has 6 heteroatoms. The number of aliphatic hydroxyl groups is 1. The Balaban J connectivity index is 1.69.